The highest BCUT2D eigenvalue weighted by atomic mass is 79.9. The van der Waals surface area contributed by atoms with Crippen molar-refractivity contribution in [3.05, 3.63) is 28.5 Å². The van der Waals surface area contributed by atoms with Crippen LogP contribution in [0.3, 0.4) is 0 Å². The van der Waals surface area contributed by atoms with Gasteiger partial charge in [0.1, 0.15) is 0 Å². The van der Waals surface area contributed by atoms with Crippen molar-refractivity contribution in [3.63, 3.8) is 0 Å². The van der Waals surface area contributed by atoms with E-state index in [1.807, 2.05) is 12.4 Å². The molecule has 3 heteroatoms. The number of nitrogens with zero attached hydrogens (tertiary/aromatic N) is 1. The smallest absolute Gasteiger partial charge is 0.0410 e. The number of halogens is 1. The van der Waals surface area contributed by atoms with Crippen LogP contribution in [-0.2, 0) is 5.41 Å². The second-order valence-corrected chi connectivity index (χ2v) is 4.65. The lowest BCUT2D eigenvalue weighted by Gasteiger charge is -2.41. The van der Waals surface area contributed by atoms with Crippen molar-refractivity contribution in [1.82, 2.24) is 4.98 Å². The standard InChI is InChI=1S/C10H13BrN2/c11-9-4-8(5-13-6-9)10(7-12)2-1-3-10/h4-6H,1-3,7,12H2. The molecule has 1 aliphatic carbocycles. The summed E-state index contributed by atoms with van der Waals surface area (Å²) in [5.74, 6) is 0. The quantitative estimate of drug-likeness (QED) is 0.862. The van der Waals surface area contributed by atoms with Crippen molar-refractivity contribution in [2.45, 2.75) is 24.7 Å². The first-order valence-corrected chi connectivity index (χ1v) is 5.37. The zero-order chi connectivity index (χ0) is 9.31. The van der Waals surface area contributed by atoms with Crippen LogP contribution in [0.5, 0.6) is 0 Å². The summed E-state index contributed by atoms with van der Waals surface area (Å²) in [7, 11) is 0. The summed E-state index contributed by atoms with van der Waals surface area (Å²) < 4.78 is 1.05. The predicted octanol–water partition coefficient (Wildman–Crippen LogP) is 2.22. The first kappa shape index (κ1) is 9.16. The molecule has 1 fully saturated rings. The fourth-order valence-corrected chi connectivity index (χ4v) is 2.28. The largest absolute Gasteiger partial charge is 0.330 e. The Morgan fingerprint density at radius 2 is 2.23 bits per heavy atom. The maximum absolute atomic E-state index is 5.81. The summed E-state index contributed by atoms with van der Waals surface area (Å²) in [6, 6.07) is 2.14. The molecule has 0 amide bonds. The molecule has 0 aromatic carbocycles. The molecule has 0 atom stereocenters. The Labute approximate surface area is 86.7 Å². The Hall–Kier alpha value is -0.410. The molecule has 2 N–H and O–H groups in total. The van der Waals surface area contributed by atoms with Gasteiger partial charge in [-0.3, -0.25) is 4.98 Å². The average molecular weight is 241 g/mol. The number of rotatable bonds is 2. The first-order chi connectivity index (χ1) is 6.27. The molecule has 0 aliphatic heterocycles. The number of aromatic nitrogens is 1. The summed E-state index contributed by atoms with van der Waals surface area (Å²) in [6.45, 7) is 0.741. The second-order valence-electron chi connectivity index (χ2n) is 3.73. The lowest BCUT2D eigenvalue weighted by Crippen LogP contribution is -2.41. The van der Waals surface area contributed by atoms with E-state index in [1.165, 1.54) is 24.8 Å². The van der Waals surface area contributed by atoms with Crippen molar-refractivity contribution in [1.29, 1.82) is 0 Å². The van der Waals surface area contributed by atoms with Gasteiger partial charge in [-0.2, -0.15) is 0 Å². The molecule has 13 heavy (non-hydrogen) atoms. The van der Waals surface area contributed by atoms with Crippen molar-refractivity contribution in [3.8, 4) is 0 Å². The average Bonchev–Trinajstić information content (AvgIpc) is 2.03. The summed E-state index contributed by atoms with van der Waals surface area (Å²) in [5.41, 5.74) is 7.33. The van der Waals surface area contributed by atoms with Gasteiger partial charge >= 0.3 is 0 Å². The van der Waals surface area contributed by atoms with Gasteiger partial charge in [-0.05, 0) is 40.4 Å². The van der Waals surface area contributed by atoms with Gasteiger partial charge in [0, 0.05) is 28.8 Å². The molecule has 1 heterocycles. The number of pyridine rings is 1. The van der Waals surface area contributed by atoms with Crippen LogP contribution in [0.15, 0.2) is 22.9 Å². The Balaban J connectivity index is 2.33. The normalized spacial score (nSPS) is 19.5. The lowest BCUT2D eigenvalue weighted by molar-refractivity contribution is 0.252. The van der Waals surface area contributed by atoms with Gasteiger partial charge in [0.2, 0.25) is 0 Å². The number of hydrogen-bond donors (Lipinski definition) is 1. The minimum Gasteiger partial charge on any atom is -0.330 e. The molecular weight excluding hydrogens is 228 g/mol. The molecule has 70 valence electrons. The molecule has 0 bridgehead atoms. The van der Waals surface area contributed by atoms with Crippen molar-refractivity contribution < 1.29 is 0 Å². The third-order valence-corrected chi connectivity index (χ3v) is 3.45. The maximum atomic E-state index is 5.81. The van der Waals surface area contributed by atoms with E-state index in [1.54, 1.807) is 0 Å². The molecule has 1 saturated carbocycles. The van der Waals surface area contributed by atoms with Crippen LogP contribution < -0.4 is 5.73 Å². The fourth-order valence-electron chi connectivity index (χ4n) is 1.92. The van der Waals surface area contributed by atoms with E-state index in [2.05, 4.69) is 27.0 Å². The Morgan fingerprint density at radius 1 is 1.46 bits per heavy atom. The molecule has 1 aromatic heterocycles. The van der Waals surface area contributed by atoms with Gasteiger partial charge in [0.15, 0.2) is 0 Å². The van der Waals surface area contributed by atoms with E-state index in [-0.39, 0.29) is 5.41 Å². The maximum Gasteiger partial charge on any atom is 0.0410 e. The van der Waals surface area contributed by atoms with Gasteiger partial charge in [0.05, 0.1) is 0 Å². The molecule has 0 saturated heterocycles. The highest BCUT2D eigenvalue weighted by Crippen LogP contribution is 2.42. The fraction of sp³-hybridized carbons (Fsp3) is 0.500. The molecule has 1 aromatic rings. The first-order valence-electron chi connectivity index (χ1n) is 4.58. The third kappa shape index (κ3) is 1.51. The van der Waals surface area contributed by atoms with Crippen LogP contribution in [0.25, 0.3) is 0 Å². The Kier molecular flexibility index (Phi) is 2.39. The van der Waals surface area contributed by atoms with E-state index in [0.717, 1.165) is 11.0 Å². The minimum absolute atomic E-state index is 0.233. The molecule has 0 unspecified atom stereocenters. The summed E-state index contributed by atoms with van der Waals surface area (Å²) >= 11 is 3.43. The highest BCUT2D eigenvalue weighted by molar-refractivity contribution is 9.10. The van der Waals surface area contributed by atoms with Crippen LogP contribution in [0, 0.1) is 0 Å². The van der Waals surface area contributed by atoms with Crippen LogP contribution in [0.1, 0.15) is 24.8 Å². The molecule has 2 nitrogen and oxygen atoms in total. The van der Waals surface area contributed by atoms with Crippen LogP contribution in [0.4, 0.5) is 0 Å². The SMILES string of the molecule is NCC1(c2cncc(Br)c2)CCC1. The van der Waals surface area contributed by atoms with Gasteiger partial charge < -0.3 is 5.73 Å². The molecule has 2 rings (SSSR count). The van der Waals surface area contributed by atoms with Crippen molar-refractivity contribution in [2.75, 3.05) is 6.54 Å². The van der Waals surface area contributed by atoms with Gasteiger partial charge in [-0.1, -0.05) is 6.42 Å². The van der Waals surface area contributed by atoms with E-state index in [9.17, 15) is 0 Å². The van der Waals surface area contributed by atoms with Gasteiger partial charge in [-0.25, -0.2) is 0 Å². The van der Waals surface area contributed by atoms with E-state index in [0.29, 0.717) is 0 Å². The number of hydrogen-bond acceptors (Lipinski definition) is 2. The summed E-state index contributed by atoms with van der Waals surface area (Å²) in [6.07, 6.45) is 7.47. The van der Waals surface area contributed by atoms with E-state index in [4.69, 9.17) is 5.73 Å². The zero-order valence-corrected chi connectivity index (χ0v) is 9.05. The van der Waals surface area contributed by atoms with Crippen LogP contribution >= 0.6 is 15.9 Å². The Bertz CT molecular complexity index is 302. The predicted molar refractivity (Wildman–Crippen MR) is 56.5 cm³/mol. The highest BCUT2D eigenvalue weighted by Gasteiger charge is 2.37. The van der Waals surface area contributed by atoms with Gasteiger partial charge in [-0.15, -0.1) is 0 Å². The van der Waals surface area contributed by atoms with Crippen molar-refractivity contribution in [2.24, 2.45) is 5.73 Å². The van der Waals surface area contributed by atoms with E-state index >= 15 is 0 Å². The topological polar surface area (TPSA) is 38.9 Å². The second kappa shape index (κ2) is 3.39. The lowest BCUT2D eigenvalue weighted by atomic mass is 9.65. The molecular formula is C10H13BrN2. The summed E-state index contributed by atoms with van der Waals surface area (Å²) in [5, 5.41) is 0. The van der Waals surface area contributed by atoms with Crippen LogP contribution in [0.2, 0.25) is 0 Å². The van der Waals surface area contributed by atoms with E-state index < -0.39 is 0 Å². The van der Waals surface area contributed by atoms with Crippen LogP contribution in [-0.4, -0.2) is 11.5 Å². The van der Waals surface area contributed by atoms with Gasteiger partial charge in [0.25, 0.3) is 0 Å². The molecule has 0 radical (unpaired) electrons. The molecule has 1 aliphatic rings. The monoisotopic (exact) mass is 240 g/mol. The molecule has 0 spiro atoms. The van der Waals surface area contributed by atoms with Crippen molar-refractivity contribution >= 4 is 15.9 Å². The Morgan fingerprint density at radius 3 is 2.69 bits per heavy atom. The third-order valence-electron chi connectivity index (χ3n) is 3.02. The minimum atomic E-state index is 0.233. The zero-order valence-electron chi connectivity index (χ0n) is 7.46. The summed E-state index contributed by atoms with van der Waals surface area (Å²) in [4.78, 5) is 4.18. The number of nitrogens with two attached hydrogens (primary N) is 1.